The highest BCUT2D eigenvalue weighted by Crippen LogP contribution is 2.46. The smallest absolute Gasteiger partial charge is 0.416 e. The quantitative estimate of drug-likeness (QED) is 0.182. The van der Waals surface area contributed by atoms with Gasteiger partial charge in [-0.2, -0.15) is 18.2 Å². The Bertz CT molecular complexity index is 2600. The van der Waals surface area contributed by atoms with Crippen LogP contribution in [0.15, 0.2) is 65.1 Å². The summed E-state index contributed by atoms with van der Waals surface area (Å²) in [5.41, 5.74) is -1.36. The monoisotopic (exact) mass is 908 g/mol. The molecule has 4 aromatic rings. The molecule has 2 aromatic heterocycles. The predicted molar refractivity (Wildman–Crippen MR) is 223 cm³/mol. The third-order valence-corrected chi connectivity index (χ3v) is 14.3. The van der Waals surface area contributed by atoms with Gasteiger partial charge in [0.05, 0.1) is 30.6 Å². The van der Waals surface area contributed by atoms with Gasteiger partial charge in [0.2, 0.25) is 27.4 Å². The second-order valence-electron chi connectivity index (χ2n) is 17.1. The van der Waals surface area contributed by atoms with E-state index in [9.17, 15) is 40.8 Å². The SMILES string of the molecule is O=C(N[C@H]1CCCCC/C=C\[C@H]2C[C@@]2(C(=O)NS(=O)(=O)C2CC2)NC(=O)[C@@H]2C[C@@H](Oc3nc(-c4ccc(C(F)(F)F)cc4)nc4c3oc3ccccc34)CN2C1=O)OC1CCOCC1. The maximum Gasteiger partial charge on any atom is 0.416 e. The fourth-order valence-corrected chi connectivity index (χ4v) is 10.1. The molecule has 20 heteroatoms. The molecule has 2 saturated carbocycles. The zero-order chi connectivity index (χ0) is 44.8. The summed E-state index contributed by atoms with van der Waals surface area (Å²) < 4.78 is 92.3. The molecule has 4 amide bonds. The number of hydrogen-bond donors (Lipinski definition) is 3. The van der Waals surface area contributed by atoms with Crippen molar-refractivity contribution in [3.8, 4) is 17.3 Å². The molecule has 3 aliphatic heterocycles. The number of alkyl carbamates (subject to hydrolysis) is 1. The lowest BCUT2D eigenvalue weighted by Gasteiger charge is -2.30. The molecule has 5 heterocycles. The van der Waals surface area contributed by atoms with E-state index < -0.39 is 86.6 Å². The van der Waals surface area contributed by atoms with E-state index in [0.717, 1.165) is 18.6 Å². The topological polar surface area (TPSA) is 208 Å². The van der Waals surface area contributed by atoms with Crippen LogP contribution in [-0.2, 0) is 40.1 Å². The summed E-state index contributed by atoms with van der Waals surface area (Å²) in [7, 11) is -3.98. The maximum atomic E-state index is 14.8. The number of ether oxygens (including phenoxy) is 3. The minimum absolute atomic E-state index is 0.0266. The first-order valence-electron chi connectivity index (χ1n) is 21.6. The van der Waals surface area contributed by atoms with E-state index in [2.05, 4.69) is 25.3 Å². The van der Waals surface area contributed by atoms with Crippen molar-refractivity contribution in [2.75, 3.05) is 19.8 Å². The van der Waals surface area contributed by atoms with Gasteiger partial charge in [0, 0.05) is 36.1 Å². The summed E-state index contributed by atoms with van der Waals surface area (Å²) in [5, 5.41) is 5.46. The Morgan fingerprint density at radius 1 is 0.938 bits per heavy atom. The Hall–Kier alpha value is -5.76. The molecule has 64 heavy (non-hydrogen) atoms. The van der Waals surface area contributed by atoms with E-state index in [4.69, 9.17) is 18.6 Å². The van der Waals surface area contributed by atoms with Crippen molar-refractivity contribution in [1.82, 2.24) is 30.2 Å². The Kier molecular flexibility index (Phi) is 11.8. The number of aromatic nitrogens is 2. The molecule has 2 aliphatic carbocycles. The summed E-state index contributed by atoms with van der Waals surface area (Å²) in [5.74, 6) is -2.80. The minimum atomic E-state index is -4.57. The van der Waals surface area contributed by atoms with E-state index in [-0.39, 0.29) is 48.7 Å². The number of nitrogens with one attached hydrogen (secondary N) is 3. The minimum Gasteiger partial charge on any atom is -0.470 e. The number of rotatable bonds is 8. The third kappa shape index (κ3) is 9.11. The molecular formula is C44H47F3N6O10S. The van der Waals surface area contributed by atoms with Crippen LogP contribution in [0.4, 0.5) is 18.0 Å². The number of sulfonamides is 1. The molecule has 340 valence electrons. The second kappa shape index (κ2) is 17.3. The number of carbonyl (C=O) groups excluding carboxylic acids is 4. The molecule has 4 fully saturated rings. The number of hydrogen-bond acceptors (Lipinski definition) is 12. The van der Waals surface area contributed by atoms with Crippen molar-refractivity contribution < 1.29 is 59.4 Å². The van der Waals surface area contributed by atoms with Crippen LogP contribution in [0.3, 0.4) is 0 Å². The zero-order valence-electron chi connectivity index (χ0n) is 34.6. The van der Waals surface area contributed by atoms with E-state index in [0.29, 0.717) is 74.6 Å². The van der Waals surface area contributed by atoms with Crippen molar-refractivity contribution in [2.24, 2.45) is 5.92 Å². The molecule has 0 bridgehead atoms. The van der Waals surface area contributed by atoms with Crippen LogP contribution in [0.2, 0.25) is 0 Å². The second-order valence-corrected chi connectivity index (χ2v) is 19.1. The Labute approximate surface area is 365 Å². The molecule has 5 atom stereocenters. The number of carbonyl (C=O) groups is 4. The first kappa shape index (κ1) is 43.5. The number of halogens is 3. The number of alkyl halides is 3. The van der Waals surface area contributed by atoms with Crippen molar-refractivity contribution >= 4 is 55.9 Å². The van der Waals surface area contributed by atoms with Gasteiger partial charge in [-0.1, -0.05) is 49.3 Å². The van der Waals surface area contributed by atoms with Gasteiger partial charge in [0.15, 0.2) is 5.82 Å². The number of para-hydroxylation sites is 1. The molecule has 0 radical (unpaired) electrons. The van der Waals surface area contributed by atoms with E-state index in [1.165, 1.54) is 17.0 Å². The van der Waals surface area contributed by atoms with Crippen LogP contribution in [0.25, 0.3) is 33.5 Å². The normalized spacial score (nSPS) is 26.5. The van der Waals surface area contributed by atoms with Gasteiger partial charge in [-0.25, -0.2) is 18.2 Å². The molecule has 2 aromatic carbocycles. The van der Waals surface area contributed by atoms with Crippen LogP contribution in [0, 0.1) is 5.92 Å². The Balaban J connectivity index is 1.05. The van der Waals surface area contributed by atoms with Gasteiger partial charge < -0.3 is 34.2 Å². The first-order valence-corrected chi connectivity index (χ1v) is 23.2. The molecule has 2 saturated heterocycles. The van der Waals surface area contributed by atoms with Crippen LogP contribution in [0.1, 0.15) is 76.2 Å². The zero-order valence-corrected chi connectivity index (χ0v) is 35.4. The van der Waals surface area contributed by atoms with Gasteiger partial charge in [0.25, 0.3) is 11.8 Å². The lowest BCUT2D eigenvalue weighted by molar-refractivity contribution is -0.141. The lowest BCUT2D eigenvalue weighted by Crippen LogP contribution is -2.58. The van der Waals surface area contributed by atoms with Crippen molar-refractivity contribution in [3.63, 3.8) is 0 Å². The Morgan fingerprint density at radius 2 is 1.70 bits per heavy atom. The van der Waals surface area contributed by atoms with E-state index >= 15 is 0 Å². The van der Waals surface area contributed by atoms with Crippen LogP contribution < -0.4 is 20.1 Å². The van der Waals surface area contributed by atoms with Crippen molar-refractivity contribution in [3.05, 3.63) is 66.2 Å². The molecular weight excluding hydrogens is 862 g/mol. The lowest BCUT2D eigenvalue weighted by atomic mass is 10.0. The van der Waals surface area contributed by atoms with Crippen LogP contribution in [0.5, 0.6) is 5.88 Å². The van der Waals surface area contributed by atoms with Gasteiger partial charge in [-0.05, 0) is 62.8 Å². The van der Waals surface area contributed by atoms with Gasteiger partial charge in [-0.3, -0.25) is 19.1 Å². The number of fused-ring (bicyclic) bond motifs is 5. The molecule has 5 aliphatic rings. The van der Waals surface area contributed by atoms with Gasteiger partial charge in [-0.15, -0.1) is 0 Å². The number of amides is 4. The maximum absolute atomic E-state index is 14.8. The predicted octanol–water partition coefficient (Wildman–Crippen LogP) is 5.69. The highest BCUT2D eigenvalue weighted by Gasteiger charge is 2.62. The van der Waals surface area contributed by atoms with Crippen molar-refractivity contribution in [2.45, 2.75) is 112 Å². The van der Waals surface area contributed by atoms with Gasteiger partial charge >= 0.3 is 12.3 Å². The largest absolute Gasteiger partial charge is 0.470 e. The van der Waals surface area contributed by atoms with Crippen molar-refractivity contribution in [1.29, 1.82) is 0 Å². The number of allylic oxidation sites excluding steroid dienone is 1. The molecule has 9 rings (SSSR count). The summed E-state index contributed by atoms with van der Waals surface area (Å²) in [6.45, 7) is 0.641. The highest BCUT2D eigenvalue weighted by molar-refractivity contribution is 7.91. The standard InChI is InChI=1S/C44H47F3N6O10S/c45-44(46,47)26-14-12-25(13-15-26)37-49-35-31-9-6-7-11-34(31)63-36(35)39(50-37)61-29-22-33-38(54)51-43(41(56)52-64(58,59)30-16-17-30)23-27(43)8-4-2-1-3-5-10-32(40(55)53(33)24-29)48-42(57)62-28-18-20-60-21-19-28/h4,6-9,11-15,27-30,32-33H,1-3,5,10,16-24H2,(H,48,57)(H,51,54)(H,52,56)/b8-4-/t27-,29+,32-,33-,43+/m0/s1. The summed E-state index contributed by atoms with van der Waals surface area (Å²) >= 11 is 0. The highest BCUT2D eigenvalue weighted by atomic mass is 32.2. The van der Waals surface area contributed by atoms with Crippen LogP contribution >= 0.6 is 0 Å². The summed E-state index contributed by atoms with van der Waals surface area (Å²) in [4.78, 5) is 67.2. The fraction of sp³-hybridized carbons (Fsp3) is 0.500. The third-order valence-electron chi connectivity index (χ3n) is 12.5. The average Bonchev–Trinajstić information content (AvgIpc) is 4.17. The molecule has 0 unspecified atom stereocenters. The molecule has 16 nitrogen and oxygen atoms in total. The molecule has 0 spiro atoms. The number of furan rings is 1. The Morgan fingerprint density at radius 3 is 2.45 bits per heavy atom. The number of nitrogens with zero attached hydrogens (tertiary/aromatic N) is 3. The van der Waals surface area contributed by atoms with E-state index in [1.54, 1.807) is 24.3 Å². The van der Waals surface area contributed by atoms with Gasteiger partial charge in [0.1, 0.15) is 40.9 Å². The summed E-state index contributed by atoms with van der Waals surface area (Å²) in [6.07, 6.45) is 1.59. The first-order chi connectivity index (χ1) is 30.7. The fourth-order valence-electron chi connectivity index (χ4n) is 8.71. The van der Waals surface area contributed by atoms with Crippen LogP contribution in [-0.4, -0.2) is 102 Å². The van der Waals surface area contributed by atoms with E-state index in [1.807, 2.05) is 12.2 Å². The average molecular weight is 909 g/mol. The molecule has 3 N–H and O–H groups in total. The summed E-state index contributed by atoms with van der Waals surface area (Å²) in [6, 6.07) is 8.90. The number of benzene rings is 2.